The van der Waals surface area contributed by atoms with Crippen molar-refractivity contribution in [3.63, 3.8) is 0 Å². The number of carbonyl (C=O) groups excluding carboxylic acids is 1. The minimum atomic E-state index is -0.102. The van der Waals surface area contributed by atoms with Crippen LogP contribution < -0.4 is 10.1 Å². The topological polar surface area (TPSA) is 56.1 Å². The lowest BCUT2D eigenvalue weighted by atomic mass is 10.1. The van der Waals surface area contributed by atoms with Crippen molar-refractivity contribution in [2.45, 2.75) is 6.54 Å². The Kier molecular flexibility index (Phi) is 3.62. The molecule has 0 aliphatic rings. The van der Waals surface area contributed by atoms with Crippen molar-refractivity contribution in [2.24, 2.45) is 7.05 Å². The second-order valence-electron chi connectivity index (χ2n) is 4.63. The molecule has 2 heterocycles. The summed E-state index contributed by atoms with van der Waals surface area (Å²) in [7, 11) is 3.42. The highest BCUT2D eigenvalue weighted by molar-refractivity contribution is 7.09. The summed E-state index contributed by atoms with van der Waals surface area (Å²) in [6.45, 7) is 0.542. The molecule has 0 bridgehead atoms. The van der Waals surface area contributed by atoms with Crippen LogP contribution >= 0.6 is 11.3 Å². The Morgan fingerprint density at radius 2 is 2.29 bits per heavy atom. The summed E-state index contributed by atoms with van der Waals surface area (Å²) in [5.74, 6) is 0.588. The van der Waals surface area contributed by atoms with Crippen LogP contribution in [0.5, 0.6) is 5.88 Å². The number of aromatic nitrogens is 2. The van der Waals surface area contributed by atoms with Crippen LogP contribution in [0.1, 0.15) is 15.2 Å². The van der Waals surface area contributed by atoms with Gasteiger partial charge in [0, 0.05) is 17.5 Å². The monoisotopic (exact) mass is 301 g/mol. The summed E-state index contributed by atoms with van der Waals surface area (Å²) >= 11 is 1.62. The van der Waals surface area contributed by atoms with Crippen molar-refractivity contribution in [1.29, 1.82) is 0 Å². The molecule has 0 radical (unpaired) electrons. The van der Waals surface area contributed by atoms with Crippen LogP contribution in [-0.4, -0.2) is 22.8 Å². The van der Waals surface area contributed by atoms with E-state index in [0.29, 0.717) is 18.0 Å². The van der Waals surface area contributed by atoms with Gasteiger partial charge in [-0.1, -0.05) is 6.07 Å². The van der Waals surface area contributed by atoms with Gasteiger partial charge in [0.15, 0.2) is 0 Å². The van der Waals surface area contributed by atoms with Crippen LogP contribution in [0.4, 0.5) is 0 Å². The van der Waals surface area contributed by atoms with E-state index < -0.39 is 0 Å². The summed E-state index contributed by atoms with van der Waals surface area (Å²) in [6.07, 6.45) is 0. The number of fused-ring (bicyclic) bond motifs is 1. The number of amides is 1. The molecule has 3 aromatic rings. The molecule has 3 rings (SSSR count). The zero-order valence-corrected chi connectivity index (χ0v) is 12.6. The van der Waals surface area contributed by atoms with Crippen LogP contribution in [0.2, 0.25) is 0 Å². The first-order valence-corrected chi connectivity index (χ1v) is 7.38. The fourth-order valence-corrected chi connectivity index (χ4v) is 2.89. The second kappa shape index (κ2) is 5.57. The number of ether oxygens (including phenoxy) is 1. The van der Waals surface area contributed by atoms with Gasteiger partial charge in [0.25, 0.3) is 5.91 Å². The van der Waals surface area contributed by atoms with Crippen molar-refractivity contribution in [3.05, 3.63) is 46.2 Å². The van der Waals surface area contributed by atoms with Gasteiger partial charge in [-0.2, -0.15) is 5.10 Å². The molecule has 108 valence electrons. The molecule has 0 saturated carbocycles. The largest absolute Gasteiger partial charge is 0.481 e. The number of hydrogen-bond acceptors (Lipinski definition) is 4. The Bertz CT molecular complexity index is 778. The molecular weight excluding hydrogens is 286 g/mol. The summed E-state index contributed by atoms with van der Waals surface area (Å²) in [5, 5.41) is 10.1. The standard InChI is InChI=1S/C15H15N3O2S/c1-18-15(20-2)12-6-5-10(8-13(12)17-18)14(19)16-9-11-4-3-7-21-11/h3-8H,9H2,1-2H3,(H,16,19). The molecule has 21 heavy (non-hydrogen) atoms. The van der Waals surface area contributed by atoms with E-state index in [2.05, 4.69) is 10.4 Å². The van der Waals surface area contributed by atoms with E-state index in [1.54, 1.807) is 35.3 Å². The van der Waals surface area contributed by atoms with E-state index in [0.717, 1.165) is 15.8 Å². The molecule has 0 spiro atoms. The van der Waals surface area contributed by atoms with E-state index in [1.807, 2.05) is 30.6 Å². The maximum absolute atomic E-state index is 12.2. The maximum atomic E-state index is 12.2. The van der Waals surface area contributed by atoms with E-state index >= 15 is 0 Å². The smallest absolute Gasteiger partial charge is 0.251 e. The number of nitrogens with one attached hydrogen (secondary N) is 1. The van der Waals surface area contributed by atoms with E-state index in [-0.39, 0.29) is 5.91 Å². The Balaban J connectivity index is 1.82. The van der Waals surface area contributed by atoms with Crippen LogP contribution in [-0.2, 0) is 13.6 Å². The summed E-state index contributed by atoms with van der Waals surface area (Å²) in [4.78, 5) is 13.3. The number of thiophene rings is 1. The van der Waals surface area contributed by atoms with E-state index in [4.69, 9.17) is 4.74 Å². The number of benzene rings is 1. The lowest BCUT2D eigenvalue weighted by Crippen LogP contribution is -2.22. The molecule has 0 aliphatic heterocycles. The Hall–Kier alpha value is -2.34. The molecule has 0 unspecified atom stereocenters. The van der Waals surface area contributed by atoms with Gasteiger partial charge in [-0.15, -0.1) is 11.3 Å². The lowest BCUT2D eigenvalue weighted by molar-refractivity contribution is 0.0951. The quantitative estimate of drug-likeness (QED) is 0.806. The number of carbonyl (C=O) groups is 1. The third-order valence-electron chi connectivity index (χ3n) is 3.24. The van der Waals surface area contributed by atoms with Crippen molar-refractivity contribution in [1.82, 2.24) is 15.1 Å². The predicted octanol–water partition coefficient (Wildman–Crippen LogP) is 2.57. The first-order chi connectivity index (χ1) is 10.2. The Morgan fingerprint density at radius 1 is 1.43 bits per heavy atom. The highest BCUT2D eigenvalue weighted by Gasteiger charge is 2.12. The summed E-state index contributed by atoms with van der Waals surface area (Å²) < 4.78 is 6.96. The third-order valence-corrected chi connectivity index (χ3v) is 4.11. The molecule has 1 N–H and O–H groups in total. The van der Waals surface area contributed by atoms with Gasteiger partial charge in [-0.05, 0) is 29.6 Å². The van der Waals surface area contributed by atoms with Crippen LogP contribution in [0.15, 0.2) is 35.7 Å². The molecule has 0 aliphatic carbocycles. The molecule has 1 aromatic carbocycles. The van der Waals surface area contributed by atoms with Crippen molar-refractivity contribution < 1.29 is 9.53 Å². The minimum Gasteiger partial charge on any atom is -0.481 e. The highest BCUT2D eigenvalue weighted by atomic mass is 32.1. The summed E-state index contributed by atoms with van der Waals surface area (Å²) in [5.41, 5.74) is 1.35. The first kappa shape index (κ1) is 13.6. The van der Waals surface area contributed by atoms with Crippen molar-refractivity contribution >= 4 is 28.1 Å². The van der Waals surface area contributed by atoms with Gasteiger partial charge in [0.1, 0.15) is 0 Å². The minimum absolute atomic E-state index is 0.102. The first-order valence-electron chi connectivity index (χ1n) is 6.50. The molecule has 0 fully saturated rings. The maximum Gasteiger partial charge on any atom is 0.251 e. The normalized spacial score (nSPS) is 10.8. The van der Waals surface area contributed by atoms with Crippen molar-refractivity contribution in [3.8, 4) is 5.88 Å². The summed E-state index contributed by atoms with van der Waals surface area (Å²) in [6, 6.07) is 9.40. The fourth-order valence-electron chi connectivity index (χ4n) is 2.24. The molecule has 1 amide bonds. The van der Waals surface area contributed by atoms with Crippen LogP contribution in [0, 0.1) is 0 Å². The van der Waals surface area contributed by atoms with Crippen molar-refractivity contribution in [2.75, 3.05) is 7.11 Å². The van der Waals surface area contributed by atoms with Gasteiger partial charge in [-0.3, -0.25) is 4.79 Å². The third kappa shape index (κ3) is 2.62. The molecule has 0 saturated heterocycles. The van der Waals surface area contributed by atoms with Gasteiger partial charge in [0.2, 0.25) is 5.88 Å². The number of methoxy groups -OCH3 is 1. The van der Waals surface area contributed by atoms with Crippen LogP contribution in [0.3, 0.4) is 0 Å². The average Bonchev–Trinajstić information content (AvgIpc) is 3.10. The van der Waals surface area contributed by atoms with Gasteiger partial charge in [-0.25, -0.2) is 4.68 Å². The molecule has 6 heteroatoms. The molecule has 2 aromatic heterocycles. The zero-order chi connectivity index (χ0) is 14.8. The van der Waals surface area contributed by atoms with E-state index in [1.165, 1.54) is 0 Å². The SMILES string of the molecule is COc1c2ccc(C(=O)NCc3cccs3)cc2nn1C. The molecular formula is C15H15N3O2S. The average molecular weight is 301 g/mol. The number of hydrogen-bond donors (Lipinski definition) is 1. The molecule has 0 atom stereocenters. The van der Waals surface area contributed by atoms with Gasteiger partial charge < -0.3 is 10.1 Å². The Morgan fingerprint density at radius 3 is 3.00 bits per heavy atom. The van der Waals surface area contributed by atoms with Gasteiger partial charge in [0.05, 0.1) is 24.6 Å². The number of aryl methyl sites for hydroxylation is 1. The Labute approximate surface area is 126 Å². The second-order valence-corrected chi connectivity index (χ2v) is 5.66. The van der Waals surface area contributed by atoms with E-state index in [9.17, 15) is 4.79 Å². The van der Waals surface area contributed by atoms with Crippen LogP contribution in [0.25, 0.3) is 10.9 Å². The lowest BCUT2D eigenvalue weighted by Gasteiger charge is -2.04. The zero-order valence-electron chi connectivity index (χ0n) is 11.8. The predicted molar refractivity (Wildman–Crippen MR) is 82.8 cm³/mol. The highest BCUT2D eigenvalue weighted by Crippen LogP contribution is 2.25. The number of rotatable bonds is 4. The fraction of sp³-hybridized carbons (Fsp3) is 0.200. The number of nitrogens with zero attached hydrogens (tertiary/aromatic N) is 2. The molecule has 5 nitrogen and oxygen atoms in total. The van der Waals surface area contributed by atoms with Gasteiger partial charge >= 0.3 is 0 Å².